The molecule has 0 spiro atoms. The van der Waals surface area contributed by atoms with Gasteiger partial charge in [-0.2, -0.15) is 0 Å². The SMILES string of the molecule is CN(C)CC(=O)N(C)C1CCN(c2ccc(N)cc2)C1. The molecular formula is C15H24N4O. The molecule has 110 valence electrons. The van der Waals surface area contributed by atoms with Gasteiger partial charge in [0.05, 0.1) is 12.6 Å². The third-order valence-electron chi connectivity index (χ3n) is 3.81. The van der Waals surface area contributed by atoms with Crippen LogP contribution in [0.4, 0.5) is 11.4 Å². The Hall–Kier alpha value is -1.75. The quantitative estimate of drug-likeness (QED) is 0.829. The van der Waals surface area contributed by atoms with Gasteiger partial charge in [-0.05, 0) is 44.8 Å². The van der Waals surface area contributed by atoms with Crippen LogP contribution in [-0.4, -0.2) is 62.5 Å². The molecule has 2 rings (SSSR count). The lowest BCUT2D eigenvalue weighted by atomic mass is 10.2. The molecule has 5 heteroatoms. The average molecular weight is 276 g/mol. The monoisotopic (exact) mass is 276 g/mol. The van der Waals surface area contributed by atoms with Crippen LogP contribution in [0.15, 0.2) is 24.3 Å². The summed E-state index contributed by atoms with van der Waals surface area (Å²) in [5, 5.41) is 0. The van der Waals surface area contributed by atoms with E-state index in [1.54, 1.807) is 0 Å². The van der Waals surface area contributed by atoms with Crippen LogP contribution in [0.1, 0.15) is 6.42 Å². The highest BCUT2D eigenvalue weighted by Gasteiger charge is 2.28. The summed E-state index contributed by atoms with van der Waals surface area (Å²) < 4.78 is 0. The lowest BCUT2D eigenvalue weighted by Gasteiger charge is -2.26. The molecular weight excluding hydrogens is 252 g/mol. The second-order valence-electron chi connectivity index (χ2n) is 5.72. The normalized spacial score (nSPS) is 18.6. The van der Waals surface area contributed by atoms with Gasteiger partial charge in [0.1, 0.15) is 0 Å². The third kappa shape index (κ3) is 3.42. The first-order chi connectivity index (χ1) is 9.47. The zero-order valence-corrected chi connectivity index (χ0v) is 12.5. The maximum atomic E-state index is 12.1. The molecule has 1 aromatic rings. The fourth-order valence-electron chi connectivity index (χ4n) is 2.56. The van der Waals surface area contributed by atoms with E-state index in [2.05, 4.69) is 4.90 Å². The first-order valence-electron chi connectivity index (χ1n) is 6.98. The Balaban J connectivity index is 1.94. The zero-order valence-electron chi connectivity index (χ0n) is 12.5. The van der Waals surface area contributed by atoms with E-state index in [4.69, 9.17) is 5.73 Å². The van der Waals surface area contributed by atoms with Gasteiger partial charge in [-0.3, -0.25) is 4.79 Å². The number of nitrogens with two attached hydrogens (primary N) is 1. The van der Waals surface area contributed by atoms with Gasteiger partial charge in [-0.15, -0.1) is 0 Å². The molecule has 1 aromatic carbocycles. The molecule has 1 aliphatic rings. The summed E-state index contributed by atoms with van der Waals surface area (Å²) in [5.74, 6) is 0.180. The van der Waals surface area contributed by atoms with E-state index in [1.165, 1.54) is 5.69 Å². The van der Waals surface area contributed by atoms with Gasteiger partial charge in [0, 0.05) is 31.5 Å². The Labute approximate surface area is 120 Å². The standard InChI is InChI=1S/C15H24N4O/c1-17(2)11-15(20)18(3)14-8-9-19(10-14)13-6-4-12(16)5-7-13/h4-7,14H,8-11,16H2,1-3H3. The first-order valence-corrected chi connectivity index (χ1v) is 6.98. The summed E-state index contributed by atoms with van der Waals surface area (Å²) in [6.45, 7) is 2.34. The molecule has 20 heavy (non-hydrogen) atoms. The number of rotatable bonds is 4. The average Bonchev–Trinajstić information content (AvgIpc) is 2.87. The highest BCUT2D eigenvalue weighted by atomic mass is 16.2. The number of hydrogen-bond acceptors (Lipinski definition) is 4. The van der Waals surface area contributed by atoms with Crippen molar-refractivity contribution in [3.63, 3.8) is 0 Å². The molecule has 0 aliphatic carbocycles. The van der Waals surface area contributed by atoms with Crippen molar-refractivity contribution in [1.82, 2.24) is 9.80 Å². The van der Waals surface area contributed by atoms with Crippen LogP contribution in [0.3, 0.4) is 0 Å². The molecule has 1 amide bonds. The summed E-state index contributed by atoms with van der Waals surface area (Å²) in [6, 6.07) is 8.21. The predicted molar refractivity (Wildman–Crippen MR) is 82.8 cm³/mol. The van der Waals surface area contributed by atoms with Crippen molar-refractivity contribution in [3.05, 3.63) is 24.3 Å². The van der Waals surface area contributed by atoms with E-state index < -0.39 is 0 Å². The van der Waals surface area contributed by atoms with Crippen LogP contribution in [-0.2, 0) is 4.79 Å². The van der Waals surface area contributed by atoms with E-state index in [-0.39, 0.29) is 5.91 Å². The largest absolute Gasteiger partial charge is 0.399 e. The number of carbonyl (C=O) groups excluding carboxylic acids is 1. The molecule has 2 N–H and O–H groups in total. The van der Waals surface area contributed by atoms with E-state index in [1.807, 2.05) is 55.2 Å². The highest BCUT2D eigenvalue weighted by Crippen LogP contribution is 2.23. The lowest BCUT2D eigenvalue weighted by Crippen LogP contribution is -2.43. The first kappa shape index (κ1) is 14.7. The summed E-state index contributed by atoms with van der Waals surface area (Å²) in [5.41, 5.74) is 7.67. The lowest BCUT2D eigenvalue weighted by molar-refractivity contribution is -0.132. The van der Waals surface area contributed by atoms with Crippen molar-refractivity contribution >= 4 is 17.3 Å². The van der Waals surface area contributed by atoms with Crippen molar-refractivity contribution < 1.29 is 4.79 Å². The van der Waals surface area contributed by atoms with E-state index in [0.29, 0.717) is 12.6 Å². The Bertz CT molecular complexity index is 457. The number of hydrogen-bond donors (Lipinski definition) is 1. The minimum Gasteiger partial charge on any atom is -0.399 e. The molecule has 1 atom stereocenters. The summed E-state index contributed by atoms with van der Waals surface area (Å²) in [4.78, 5) is 18.2. The Morgan fingerprint density at radius 2 is 1.95 bits per heavy atom. The number of anilines is 2. The second kappa shape index (κ2) is 6.13. The summed E-state index contributed by atoms with van der Waals surface area (Å²) >= 11 is 0. The second-order valence-corrected chi connectivity index (χ2v) is 5.72. The van der Waals surface area contributed by atoms with Crippen LogP contribution in [0.25, 0.3) is 0 Å². The van der Waals surface area contributed by atoms with Crippen LogP contribution in [0.5, 0.6) is 0 Å². The van der Waals surface area contributed by atoms with Gasteiger partial charge in [0.25, 0.3) is 0 Å². The summed E-state index contributed by atoms with van der Waals surface area (Å²) in [6.07, 6.45) is 1.01. The number of amides is 1. The number of benzene rings is 1. The molecule has 0 bridgehead atoms. The van der Waals surface area contributed by atoms with E-state index in [9.17, 15) is 4.79 Å². The van der Waals surface area contributed by atoms with Crippen molar-refractivity contribution in [1.29, 1.82) is 0 Å². The van der Waals surface area contributed by atoms with E-state index in [0.717, 1.165) is 25.2 Å². The van der Waals surface area contributed by atoms with Gasteiger partial charge < -0.3 is 20.4 Å². The Morgan fingerprint density at radius 3 is 2.55 bits per heavy atom. The van der Waals surface area contributed by atoms with Crippen molar-refractivity contribution in [3.8, 4) is 0 Å². The van der Waals surface area contributed by atoms with Crippen LogP contribution >= 0.6 is 0 Å². The number of likely N-dealkylation sites (N-methyl/N-ethyl adjacent to an activating group) is 2. The maximum absolute atomic E-state index is 12.1. The zero-order chi connectivity index (χ0) is 14.7. The maximum Gasteiger partial charge on any atom is 0.236 e. The van der Waals surface area contributed by atoms with Crippen LogP contribution in [0.2, 0.25) is 0 Å². The van der Waals surface area contributed by atoms with Gasteiger partial charge in [-0.25, -0.2) is 0 Å². The topological polar surface area (TPSA) is 52.8 Å². The molecule has 0 saturated carbocycles. The van der Waals surface area contributed by atoms with Crippen molar-refractivity contribution in [2.24, 2.45) is 0 Å². The van der Waals surface area contributed by atoms with Gasteiger partial charge in [-0.1, -0.05) is 0 Å². The third-order valence-corrected chi connectivity index (χ3v) is 3.81. The molecule has 1 aliphatic heterocycles. The Morgan fingerprint density at radius 1 is 1.30 bits per heavy atom. The predicted octanol–water partition coefficient (Wildman–Crippen LogP) is 0.868. The van der Waals surface area contributed by atoms with Crippen molar-refractivity contribution in [2.75, 3.05) is 51.4 Å². The van der Waals surface area contributed by atoms with Crippen molar-refractivity contribution in [2.45, 2.75) is 12.5 Å². The molecule has 1 saturated heterocycles. The molecule has 0 aromatic heterocycles. The molecule has 1 unspecified atom stereocenters. The molecule has 0 radical (unpaired) electrons. The van der Waals surface area contributed by atoms with Gasteiger partial charge >= 0.3 is 0 Å². The highest BCUT2D eigenvalue weighted by molar-refractivity contribution is 5.78. The summed E-state index contributed by atoms with van der Waals surface area (Å²) in [7, 11) is 5.74. The molecule has 1 heterocycles. The number of nitrogens with zero attached hydrogens (tertiary/aromatic N) is 3. The van der Waals surface area contributed by atoms with Gasteiger partial charge in [0.15, 0.2) is 0 Å². The minimum atomic E-state index is 0.180. The van der Waals surface area contributed by atoms with E-state index >= 15 is 0 Å². The number of carbonyl (C=O) groups is 1. The smallest absolute Gasteiger partial charge is 0.236 e. The fourth-order valence-corrected chi connectivity index (χ4v) is 2.56. The number of nitrogen functional groups attached to an aromatic ring is 1. The van der Waals surface area contributed by atoms with Gasteiger partial charge in [0.2, 0.25) is 5.91 Å². The fraction of sp³-hybridized carbons (Fsp3) is 0.533. The molecule has 1 fully saturated rings. The van der Waals surface area contributed by atoms with Crippen LogP contribution < -0.4 is 10.6 Å². The van der Waals surface area contributed by atoms with Crippen LogP contribution in [0, 0.1) is 0 Å². The Kier molecular flexibility index (Phi) is 4.49. The molecule has 5 nitrogen and oxygen atoms in total. The minimum absolute atomic E-state index is 0.180.